The average molecular weight is 237 g/mol. The number of nitrogens with zero attached hydrogens (tertiary/aromatic N) is 2. The normalized spacial score (nSPS) is 13.9. The van der Waals surface area contributed by atoms with Gasteiger partial charge in [0.2, 0.25) is 11.8 Å². The Kier molecular flexibility index (Phi) is 3.41. The number of rotatable bonds is 4. The molecule has 0 aromatic carbocycles. The molecule has 0 saturated carbocycles. The van der Waals surface area contributed by atoms with E-state index in [-0.39, 0.29) is 6.54 Å². The number of aryl methyl sites for hydroxylation is 1. The summed E-state index contributed by atoms with van der Waals surface area (Å²) in [5.74, 6) is -0.0576. The number of hydrogen-bond donors (Lipinski definition) is 2. The second-order valence-corrected chi connectivity index (χ2v) is 3.94. The summed E-state index contributed by atoms with van der Waals surface area (Å²) in [7, 11) is 1.57. The zero-order valence-electron chi connectivity index (χ0n) is 9.69. The summed E-state index contributed by atoms with van der Waals surface area (Å²) in [6, 6.07) is 0. The standard InChI is InChI=1S/C11H15N3O3/c1-17-10-7-4-2-3-5-8(7)13-11(14-10)12-6-9(15)16/h2-6H2,1H3,(H,15,16)(H,12,13,14). The molecule has 1 aromatic heterocycles. The molecular formula is C11H15N3O3. The van der Waals surface area contributed by atoms with Gasteiger partial charge in [0.25, 0.3) is 0 Å². The fourth-order valence-electron chi connectivity index (χ4n) is 1.96. The van der Waals surface area contributed by atoms with Crippen LogP contribution in [0.5, 0.6) is 5.88 Å². The lowest BCUT2D eigenvalue weighted by Crippen LogP contribution is -2.17. The zero-order chi connectivity index (χ0) is 12.3. The minimum atomic E-state index is -0.940. The van der Waals surface area contributed by atoms with E-state index in [0.717, 1.165) is 36.9 Å². The van der Waals surface area contributed by atoms with E-state index in [1.165, 1.54) is 0 Å². The molecule has 0 unspecified atom stereocenters. The van der Waals surface area contributed by atoms with E-state index in [4.69, 9.17) is 9.84 Å². The number of nitrogens with one attached hydrogen (secondary N) is 1. The van der Waals surface area contributed by atoms with Gasteiger partial charge < -0.3 is 15.2 Å². The van der Waals surface area contributed by atoms with E-state index in [0.29, 0.717) is 11.8 Å². The van der Waals surface area contributed by atoms with Crippen molar-refractivity contribution in [2.24, 2.45) is 0 Å². The van der Waals surface area contributed by atoms with Crippen LogP contribution < -0.4 is 10.1 Å². The first-order valence-electron chi connectivity index (χ1n) is 5.60. The van der Waals surface area contributed by atoms with Crippen molar-refractivity contribution in [3.63, 3.8) is 0 Å². The topological polar surface area (TPSA) is 84.3 Å². The summed E-state index contributed by atoms with van der Waals surface area (Å²) in [6.07, 6.45) is 4.05. The van der Waals surface area contributed by atoms with Gasteiger partial charge in [-0.05, 0) is 25.7 Å². The minimum Gasteiger partial charge on any atom is -0.481 e. The first-order valence-corrected chi connectivity index (χ1v) is 5.60. The summed E-state index contributed by atoms with van der Waals surface area (Å²) in [5.41, 5.74) is 2.02. The molecule has 1 heterocycles. The first kappa shape index (κ1) is 11.6. The first-order chi connectivity index (χ1) is 8.20. The molecule has 2 rings (SSSR count). The Bertz CT molecular complexity index is 417. The van der Waals surface area contributed by atoms with Gasteiger partial charge in [-0.1, -0.05) is 0 Å². The molecule has 6 heteroatoms. The van der Waals surface area contributed by atoms with Crippen molar-refractivity contribution in [1.82, 2.24) is 9.97 Å². The van der Waals surface area contributed by atoms with Crippen molar-refractivity contribution in [3.05, 3.63) is 11.3 Å². The Labute approximate surface area is 99.0 Å². The average Bonchev–Trinajstić information content (AvgIpc) is 2.35. The number of carbonyl (C=O) groups is 1. The van der Waals surface area contributed by atoms with Crippen LogP contribution in [0.2, 0.25) is 0 Å². The van der Waals surface area contributed by atoms with Gasteiger partial charge in [0.1, 0.15) is 6.54 Å². The highest BCUT2D eigenvalue weighted by Gasteiger charge is 2.18. The van der Waals surface area contributed by atoms with E-state index in [2.05, 4.69) is 15.3 Å². The van der Waals surface area contributed by atoms with Crippen molar-refractivity contribution in [2.45, 2.75) is 25.7 Å². The third-order valence-electron chi connectivity index (χ3n) is 2.74. The molecular weight excluding hydrogens is 222 g/mol. The molecule has 2 N–H and O–H groups in total. The number of aliphatic carboxylic acids is 1. The number of aromatic nitrogens is 2. The van der Waals surface area contributed by atoms with E-state index in [9.17, 15) is 4.79 Å². The third-order valence-corrected chi connectivity index (χ3v) is 2.74. The smallest absolute Gasteiger partial charge is 0.322 e. The van der Waals surface area contributed by atoms with Crippen LogP contribution in [0.3, 0.4) is 0 Å². The molecule has 1 aliphatic rings. The van der Waals surface area contributed by atoms with Crippen molar-refractivity contribution in [2.75, 3.05) is 19.0 Å². The Morgan fingerprint density at radius 2 is 2.18 bits per heavy atom. The fourth-order valence-corrected chi connectivity index (χ4v) is 1.96. The van der Waals surface area contributed by atoms with Gasteiger partial charge in [0, 0.05) is 5.56 Å². The molecule has 0 aliphatic heterocycles. The molecule has 0 bridgehead atoms. The number of fused-ring (bicyclic) bond motifs is 1. The van der Waals surface area contributed by atoms with Crippen LogP contribution in [0.4, 0.5) is 5.95 Å². The van der Waals surface area contributed by atoms with E-state index in [1.54, 1.807) is 7.11 Å². The van der Waals surface area contributed by atoms with Gasteiger partial charge in [-0.3, -0.25) is 4.79 Å². The van der Waals surface area contributed by atoms with Crippen LogP contribution in [0.15, 0.2) is 0 Å². The SMILES string of the molecule is COc1nc(NCC(=O)O)nc2c1CCCC2. The molecule has 0 amide bonds. The quantitative estimate of drug-likeness (QED) is 0.808. The summed E-state index contributed by atoms with van der Waals surface area (Å²) in [6.45, 7) is -0.193. The highest BCUT2D eigenvalue weighted by molar-refractivity contribution is 5.71. The molecule has 0 saturated heterocycles. The molecule has 1 aliphatic carbocycles. The van der Waals surface area contributed by atoms with Crippen molar-refractivity contribution < 1.29 is 14.6 Å². The second-order valence-electron chi connectivity index (χ2n) is 3.94. The Morgan fingerprint density at radius 1 is 1.41 bits per heavy atom. The van der Waals surface area contributed by atoms with Crippen molar-refractivity contribution in [3.8, 4) is 5.88 Å². The highest BCUT2D eigenvalue weighted by Crippen LogP contribution is 2.27. The largest absolute Gasteiger partial charge is 0.481 e. The number of ether oxygens (including phenoxy) is 1. The number of carboxylic acid groups (broad SMARTS) is 1. The van der Waals surface area contributed by atoms with Crippen LogP contribution in [0, 0.1) is 0 Å². The maximum Gasteiger partial charge on any atom is 0.322 e. The molecule has 0 atom stereocenters. The van der Waals surface area contributed by atoms with Gasteiger partial charge in [-0.15, -0.1) is 0 Å². The second kappa shape index (κ2) is 4.99. The summed E-state index contributed by atoms with van der Waals surface area (Å²) in [5, 5.41) is 11.3. The lowest BCUT2D eigenvalue weighted by molar-refractivity contribution is -0.134. The number of methoxy groups -OCH3 is 1. The number of anilines is 1. The summed E-state index contributed by atoms with van der Waals surface area (Å²) in [4.78, 5) is 19.0. The molecule has 92 valence electrons. The highest BCUT2D eigenvalue weighted by atomic mass is 16.5. The Hall–Kier alpha value is -1.85. The van der Waals surface area contributed by atoms with Gasteiger partial charge in [0.15, 0.2) is 0 Å². The van der Waals surface area contributed by atoms with Gasteiger partial charge in [-0.25, -0.2) is 4.98 Å². The predicted octanol–water partition coefficient (Wildman–Crippen LogP) is 0.860. The molecule has 17 heavy (non-hydrogen) atoms. The maximum absolute atomic E-state index is 10.5. The zero-order valence-corrected chi connectivity index (χ0v) is 9.69. The Balaban J connectivity index is 2.26. The summed E-state index contributed by atoms with van der Waals surface area (Å²) >= 11 is 0. The van der Waals surface area contributed by atoms with Crippen LogP contribution >= 0.6 is 0 Å². The van der Waals surface area contributed by atoms with Crippen molar-refractivity contribution in [1.29, 1.82) is 0 Å². The third kappa shape index (κ3) is 2.64. The van der Waals surface area contributed by atoms with Crippen LogP contribution in [0.1, 0.15) is 24.1 Å². The lowest BCUT2D eigenvalue weighted by atomic mass is 9.97. The minimum absolute atomic E-state index is 0.193. The molecule has 1 aromatic rings. The molecule has 6 nitrogen and oxygen atoms in total. The van der Waals surface area contributed by atoms with E-state index < -0.39 is 5.97 Å². The van der Waals surface area contributed by atoms with E-state index >= 15 is 0 Å². The summed E-state index contributed by atoms with van der Waals surface area (Å²) < 4.78 is 5.22. The van der Waals surface area contributed by atoms with Crippen molar-refractivity contribution >= 4 is 11.9 Å². The molecule has 0 fully saturated rings. The van der Waals surface area contributed by atoms with E-state index in [1.807, 2.05) is 0 Å². The van der Waals surface area contributed by atoms with Gasteiger partial charge in [0.05, 0.1) is 12.8 Å². The monoisotopic (exact) mass is 237 g/mol. The maximum atomic E-state index is 10.5. The van der Waals surface area contributed by atoms with Crippen LogP contribution in [0.25, 0.3) is 0 Å². The van der Waals surface area contributed by atoms with Crippen LogP contribution in [-0.4, -0.2) is 34.7 Å². The number of hydrogen-bond acceptors (Lipinski definition) is 5. The predicted molar refractivity (Wildman–Crippen MR) is 61.4 cm³/mol. The van der Waals surface area contributed by atoms with Gasteiger partial charge >= 0.3 is 5.97 Å². The lowest BCUT2D eigenvalue weighted by Gasteiger charge is -2.18. The van der Waals surface area contributed by atoms with Crippen LogP contribution in [-0.2, 0) is 17.6 Å². The molecule has 0 spiro atoms. The Morgan fingerprint density at radius 3 is 2.88 bits per heavy atom. The molecule has 0 radical (unpaired) electrons. The van der Waals surface area contributed by atoms with Gasteiger partial charge in [-0.2, -0.15) is 4.98 Å². The fraction of sp³-hybridized carbons (Fsp3) is 0.545. The number of carboxylic acids is 1.